The summed E-state index contributed by atoms with van der Waals surface area (Å²) in [4.78, 5) is 26.2. The van der Waals surface area contributed by atoms with Gasteiger partial charge in [0.2, 0.25) is 0 Å². The van der Waals surface area contributed by atoms with Crippen molar-refractivity contribution in [3.8, 4) is 0 Å². The summed E-state index contributed by atoms with van der Waals surface area (Å²) in [6, 6.07) is -0.195. The van der Waals surface area contributed by atoms with Gasteiger partial charge < -0.3 is 14.7 Å². The molecule has 8 nitrogen and oxygen atoms in total. The minimum absolute atomic E-state index is 0.0760. The number of aliphatic hydroxyl groups is 1. The molecule has 1 aromatic heterocycles. The van der Waals surface area contributed by atoms with Crippen LogP contribution in [0.1, 0.15) is 44.1 Å². The largest absolute Gasteiger partial charge is 0.444 e. The second-order valence-corrected chi connectivity index (χ2v) is 6.67. The number of nitrogens with one attached hydrogen (secondary N) is 1. The molecule has 0 aliphatic carbocycles. The zero-order valence-electron chi connectivity index (χ0n) is 14.0. The highest BCUT2D eigenvalue weighted by Gasteiger charge is 2.32. The smallest absolute Gasteiger partial charge is 0.412 e. The van der Waals surface area contributed by atoms with Gasteiger partial charge >= 0.3 is 6.09 Å². The predicted molar refractivity (Wildman–Crippen MR) is 84.2 cm³/mol. The number of anilines is 1. The Labute approximate surface area is 135 Å². The van der Waals surface area contributed by atoms with Gasteiger partial charge in [0.1, 0.15) is 5.60 Å². The van der Waals surface area contributed by atoms with Crippen molar-refractivity contribution in [2.24, 2.45) is 7.05 Å². The Morgan fingerprint density at radius 2 is 2.17 bits per heavy atom. The maximum Gasteiger partial charge on any atom is 0.412 e. The van der Waals surface area contributed by atoms with E-state index >= 15 is 0 Å². The lowest BCUT2D eigenvalue weighted by Crippen LogP contribution is -2.38. The van der Waals surface area contributed by atoms with E-state index in [-0.39, 0.29) is 24.2 Å². The number of amides is 2. The molecule has 1 aliphatic rings. The summed E-state index contributed by atoms with van der Waals surface area (Å²) in [7, 11) is 1.67. The first-order valence-corrected chi connectivity index (χ1v) is 7.66. The molecule has 23 heavy (non-hydrogen) atoms. The van der Waals surface area contributed by atoms with E-state index in [1.54, 1.807) is 38.9 Å². The Hall–Kier alpha value is -2.09. The summed E-state index contributed by atoms with van der Waals surface area (Å²) in [5.74, 6) is -0.298. The van der Waals surface area contributed by atoms with Crippen LogP contribution in [0.4, 0.5) is 10.5 Å². The van der Waals surface area contributed by atoms with Crippen LogP contribution in [0.5, 0.6) is 0 Å². The summed E-state index contributed by atoms with van der Waals surface area (Å²) in [5.41, 5.74) is -0.179. The number of aromatic nitrogens is 2. The number of likely N-dealkylation sites (tertiary alicyclic amines) is 1. The number of hydrogen-bond acceptors (Lipinski definition) is 5. The zero-order chi connectivity index (χ0) is 17.2. The van der Waals surface area contributed by atoms with E-state index < -0.39 is 11.7 Å². The number of carbonyl (C=O) groups excluding carboxylic acids is 2. The number of nitrogens with zero attached hydrogens (tertiary/aromatic N) is 3. The average Bonchev–Trinajstić information content (AvgIpc) is 3.02. The molecule has 0 bridgehead atoms. The lowest BCUT2D eigenvalue weighted by Gasteiger charge is -2.23. The van der Waals surface area contributed by atoms with Crippen LogP contribution in [0.15, 0.2) is 6.20 Å². The molecule has 1 fully saturated rings. The molecule has 1 aromatic rings. The standard InChI is InChI=1S/C15H24N4O4/c1-15(2,3)23-14(22)16-11-8-18(4)17-12(11)13(21)19-7-5-6-10(19)9-20/h8,10,20H,5-7,9H2,1-4H3,(H,16,22). The van der Waals surface area contributed by atoms with Crippen molar-refractivity contribution in [3.63, 3.8) is 0 Å². The SMILES string of the molecule is Cn1cc(NC(=O)OC(C)(C)C)c(C(=O)N2CCCC2CO)n1. The number of carbonyl (C=O) groups is 2. The van der Waals surface area contributed by atoms with Gasteiger partial charge in [-0.05, 0) is 33.6 Å². The van der Waals surface area contributed by atoms with E-state index in [9.17, 15) is 14.7 Å². The highest BCUT2D eigenvalue weighted by molar-refractivity contribution is 6.01. The van der Waals surface area contributed by atoms with E-state index in [1.807, 2.05) is 0 Å². The third kappa shape index (κ3) is 4.22. The Bertz CT molecular complexity index is 591. The van der Waals surface area contributed by atoms with Crippen LogP contribution >= 0.6 is 0 Å². The third-order valence-corrected chi connectivity index (χ3v) is 3.52. The molecule has 2 heterocycles. The summed E-state index contributed by atoms with van der Waals surface area (Å²) in [6.45, 7) is 5.79. The lowest BCUT2D eigenvalue weighted by molar-refractivity contribution is 0.0635. The Balaban J connectivity index is 2.17. The fourth-order valence-electron chi connectivity index (χ4n) is 2.58. The van der Waals surface area contributed by atoms with Gasteiger partial charge in [-0.15, -0.1) is 0 Å². The van der Waals surface area contributed by atoms with Gasteiger partial charge in [-0.2, -0.15) is 5.10 Å². The summed E-state index contributed by atoms with van der Waals surface area (Å²) < 4.78 is 6.66. The molecule has 1 saturated heterocycles. The van der Waals surface area contributed by atoms with Crippen molar-refractivity contribution < 1.29 is 19.4 Å². The normalized spacial score (nSPS) is 18.1. The molecule has 8 heteroatoms. The molecule has 2 rings (SSSR count). The summed E-state index contributed by atoms with van der Waals surface area (Å²) in [6.07, 6.45) is 2.53. The predicted octanol–water partition coefficient (Wildman–Crippen LogP) is 1.36. The van der Waals surface area contributed by atoms with Crippen LogP contribution < -0.4 is 5.32 Å². The molecule has 1 atom stereocenters. The van der Waals surface area contributed by atoms with Gasteiger partial charge in [-0.25, -0.2) is 4.79 Å². The number of aryl methyl sites for hydroxylation is 1. The monoisotopic (exact) mass is 324 g/mol. The molecule has 1 aliphatic heterocycles. The molecule has 0 saturated carbocycles. The van der Waals surface area contributed by atoms with E-state index in [0.717, 1.165) is 12.8 Å². The molecule has 1 unspecified atom stereocenters. The molecule has 0 radical (unpaired) electrons. The van der Waals surface area contributed by atoms with Gasteiger partial charge in [0.25, 0.3) is 5.91 Å². The molecule has 2 N–H and O–H groups in total. The molecular weight excluding hydrogens is 300 g/mol. The van der Waals surface area contributed by atoms with Crippen molar-refractivity contribution in [1.29, 1.82) is 0 Å². The van der Waals surface area contributed by atoms with Crippen molar-refractivity contribution in [1.82, 2.24) is 14.7 Å². The molecule has 0 spiro atoms. The van der Waals surface area contributed by atoms with Crippen molar-refractivity contribution >= 4 is 17.7 Å². The van der Waals surface area contributed by atoms with Crippen molar-refractivity contribution in [2.75, 3.05) is 18.5 Å². The van der Waals surface area contributed by atoms with E-state index in [0.29, 0.717) is 12.2 Å². The molecular formula is C15H24N4O4. The zero-order valence-corrected chi connectivity index (χ0v) is 14.0. The van der Waals surface area contributed by atoms with Crippen LogP contribution in [0.2, 0.25) is 0 Å². The fourth-order valence-corrected chi connectivity index (χ4v) is 2.58. The topological polar surface area (TPSA) is 96.7 Å². The van der Waals surface area contributed by atoms with Crippen LogP contribution in [0.25, 0.3) is 0 Å². The lowest BCUT2D eigenvalue weighted by atomic mass is 10.2. The Morgan fingerprint density at radius 1 is 1.48 bits per heavy atom. The second-order valence-electron chi connectivity index (χ2n) is 6.67. The number of hydrogen-bond donors (Lipinski definition) is 2. The fraction of sp³-hybridized carbons (Fsp3) is 0.667. The van der Waals surface area contributed by atoms with E-state index in [4.69, 9.17) is 4.74 Å². The molecule has 128 valence electrons. The Morgan fingerprint density at radius 3 is 2.78 bits per heavy atom. The molecule has 2 amide bonds. The van der Waals surface area contributed by atoms with Crippen molar-refractivity contribution in [3.05, 3.63) is 11.9 Å². The maximum atomic E-state index is 12.7. The average molecular weight is 324 g/mol. The van der Waals surface area contributed by atoms with Crippen LogP contribution in [0.3, 0.4) is 0 Å². The van der Waals surface area contributed by atoms with E-state index in [2.05, 4.69) is 10.4 Å². The van der Waals surface area contributed by atoms with E-state index in [1.165, 1.54) is 4.68 Å². The van der Waals surface area contributed by atoms with Gasteiger partial charge in [0.05, 0.1) is 18.3 Å². The minimum Gasteiger partial charge on any atom is -0.444 e. The first kappa shape index (κ1) is 17.3. The van der Waals surface area contributed by atoms with Gasteiger partial charge in [-0.1, -0.05) is 0 Å². The highest BCUT2D eigenvalue weighted by Crippen LogP contribution is 2.23. The van der Waals surface area contributed by atoms with Gasteiger partial charge in [0.15, 0.2) is 5.69 Å². The van der Waals surface area contributed by atoms with Crippen LogP contribution in [0, 0.1) is 0 Å². The van der Waals surface area contributed by atoms with Crippen LogP contribution in [-0.4, -0.2) is 56.6 Å². The minimum atomic E-state index is -0.639. The first-order valence-electron chi connectivity index (χ1n) is 7.66. The second kappa shape index (κ2) is 6.57. The van der Waals surface area contributed by atoms with Crippen molar-refractivity contribution in [2.45, 2.75) is 45.3 Å². The number of rotatable bonds is 3. The third-order valence-electron chi connectivity index (χ3n) is 3.52. The maximum absolute atomic E-state index is 12.7. The number of aliphatic hydroxyl groups excluding tert-OH is 1. The van der Waals surface area contributed by atoms with Crippen LogP contribution in [-0.2, 0) is 11.8 Å². The van der Waals surface area contributed by atoms with Gasteiger partial charge in [-0.3, -0.25) is 14.8 Å². The quantitative estimate of drug-likeness (QED) is 0.875. The summed E-state index contributed by atoms with van der Waals surface area (Å²) in [5, 5.41) is 16.1. The number of ether oxygens (including phenoxy) is 1. The molecule has 0 aromatic carbocycles. The summed E-state index contributed by atoms with van der Waals surface area (Å²) >= 11 is 0. The van der Waals surface area contributed by atoms with Gasteiger partial charge in [0, 0.05) is 19.8 Å². The highest BCUT2D eigenvalue weighted by atomic mass is 16.6. The Kier molecular flexibility index (Phi) is 4.93. The first-order chi connectivity index (χ1) is 10.7.